The SMILES string of the molecule is CCN1C(=O)S/C(=C\c2cc(OC)c(N3CCCC3)cc2OC)C1=O. The first-order chi connectivity index (χ1) is 12.1. The highest BCUT2D eigenvalue weighted by Gasteiger charge is 2.34. The molecule has 0 radical (unpaired) electrons. The Morgan fingerprint density at radius 3 is 2.36 bits per heavy atom. The molecule has 2 fully saturated rings. The quantitative estimate of drug-likeness (QED) is 0.749. The number of methoxy groups -OCH3 is 2. The van der Waals surface area contributed by atoms with Gasteiger partial charge in [-0.1, -0.05) is 0 Å². The van der Waals surface area contributed by atoms with E-state index in [4.69, 9.17) is 9.47 Å². The van der Waals surface area contributed by atoms with E-state index >= 15 is 0 Å². The van der Waals surface area contributed by atoms with Crippen molar-refractivity contribution in [1.82, 2.24) is 4.90 Å². The van der Waals surface area contributed by atoms with Gasteiger partial charge in [-0.3, -0.25) is 14.5 Å². The van der Waals surface area contributed by atoms with Crippen molar-refractivity contribution in [2.45, 2.75) is 19.8 Å². The summed E-state index contributed by atoms with van der Waals surface area (Å²) in [5, 5.41) is -0.238. The Morgan fingerprint density at radius 1 is 1.12 bits per heavy atom. The van der Waals surface area contributed by atoms with Gasteiger partial charge in [0, 0.05) is 31.3 Å². The molecule has 6 nitrogen and oxygen atoms in total. The number of carbonyl (C=O) groups is 2. The third kappa shape index (κ3) is 3.33. The molecule has 0 aliphatic carbocycles. The number of amides is 2. The molecule has 3 rings (SSSR count). The van der Waals surface area contributed by atoms with Crippen LogP contribution < -0.4 is 14.4 Å². The van der Waals surface area contributed by atoms with Crippen LogP contribution in [0.15, 0.2) is 17.0 Å². The summed E-state index contributed by atoms with van der Waals surface area (Å²) in [5.74, 6) is 1.14. The van der Waals surface area contributed by atoms with Gasteiger partial charge in [-0.2, -0.15) is 0 Å². The van der Waals surface area contributed by atoms with Gasteiger partial charge in [0.05, 0.1) is 24.8 Å². The lowest BCUT2D eigenvalue weighted by molar-refractivity contribution is -0.122. The van der Waals surface area contributed by atoms with Crippen molar-refractivity contribution < 1.29 is 19.1 Å². The number of likely N-dealkylation sites (N-methyl/N-ethyl adjacent to an activating group) is 1. The molecule has 0 saturated carbocycles. The molecule has 2 aliphatic rings. The molecule has 1 aromatic carbocycles. The molecule has 7 heteroatoms. The van der Waals surface area contributed by atoms with Crippen molar-refractivity contribution in [2.24, 2.45) is 0 Å². The van der Waals surface area contributed by atoms with Gasteiger partial charge in [0.2, 0.25) is 0 Å². The number of hydrogen-bond donors (Lipinski definition) is 0. The van der Waals surface area contributed by atoms with E-state index in [1.807, 2.05) is 12.1 Å². The molecular formula is C18H22N2O4S. The Morgan fingerprint density at radius 2 is 1.80 bits per heavy atom. The summed E-state index contributed by atoms with van der Waals surface area (Å²) in [6.45, 7) is 4.15. The molecule has 0 N–H and O–H groups in total. The summed E-state index contributed by atoms with van der Waals surface area (Å²) in [6.07, 6.45) is 4.03. The summed E-state index contributed by atoms with van der Waals surface area (Å²) in [7, 11) is 3.24. The molecular weight excluding hydrogens is 340 g/mol. The minimum Gasteiger partial charge on any atom is -0.496 e. The number of imide groups is 1. The number of ether oxygens (including phenoxy) is 2. The molecule has 2 heterocycles. The Bertz CT molecular complexity index is 726. The highest BCUT2D eigenvalue weighted by atomic mass is 32.2. The van der Waals surface area contributed by atoms with Crippen molar-refractivity contribution in [1.29, 1.82) is 0 Å². The summed E-state index contributed by atoms with van der Waals surface area (Å²) in [6, 6.07) is 3.81. The summed E-state index contributed by atoms with van der Waals surface area (Å²) in [4.78, 5) is 28.1. The zero-order valence-electron chi connectivity index (χ0n) is 14.7. The van der Waals surface area contributed by atoms with Crippen LogP contribution in [0, 0.1) is 0 Å². The van der Waals surface area contributed by atoms with Crippen molar-refractivity contribution >= 4 is 34.7 Å². The van der Waals surface area contributed by atoms with E-state index in [2.05, 4.69) is 4.90 Å². The van der Waals surface area contributed by atoms with E-state index in [0.717, 1.165) is 54.7 Å². The second kappa shape index (κ2) is 7.39. The van der Waals surface area contributed by atoms with Crippen LogP contribution in [0.25, 0.3) is 6.08 Å². The van der Waals surface area contributed by atoms with Gasteiger partial charge >= 0.3 is 0 Å². The van der Waals surface area contributed by atoms with Crippen molar-refractivity contribution in [3.63, 3.8) is 0 Å². The molecule has 2 saturated heterocycles. The lowest BCUT2D eigenvalue weighted by atomic mass is 10.1. The summed E-state index contributed by atoms with van der Waals surface area (Å²) < 4.78 is 11.1. The molecule has 1 aromatic rings. The standard InChI is InChI=1S/C18H22N2O4S/c1-4-20-17(21)16(25-18(20)22)10-12-9-15(24-3)13(11-14(12)23-2)19-7-5-6-8-19/h9-11H,4-8H2,1-3H3/b16-10-. The molecule has 2 aliphatic heterocycles. The van der Waals surface area contributed by atoms with Gasteiger partial charge in [0.15, 0.2) is 0 Å². The maximum atomic E-state index is 12.3. The van der Waals surface area contributed by atoms with Crippen LogP contribution in [0.4, 0.5) is 10.5 Å². The predicted octanol–water partition coefficient (Wildman–Crippen LogP) is 3.36. The van der Waals surface area contributed by atoms with E-state index in [1.165, 1.54) is 4.90 Å². The van der Waals surface area contributed by atoms with Crippen molar-refractivity contribution in [2.75, 3.05) is 38.8 Å². The van der Waals surface area contributed by atoms with E-state index < -0.39 is 0 Å². The fraction of sp³-hybridized carbons (Fsp3) is 0.444. The molecule has 0 bridgehead atoms. The molecule has 0 atom stereocenters. The Balaban J connectivity index is 2.00. The second-order valence-corrected chi connectivity index (χ2v) is 6.88. The number of carbonyl (C=O) groups excluding carboxylic acids is 2. The topological polar surface area (TPSA) is 59.1 Å². The summed E-state index contributed by atoms with van der Waals surface area (Å²) in [5.41, 5.74) is 1.72. The third-order valence-corrected chi connectivity index (χ3v) is 5.36. The first-order valence-corrected chi connectivity index (χ1v) is 9.17. The monoisotopic (exact) mass is 362 g/mol. The average molecular weight is 362 g/mol. The van der Waals surface area contributed by atoms with Gasteiger partial charge in [-0.15, -0.1) is 0 Å². The van der Waals surface area contributed by atoms with Gasteiger partial charge < -0.3 is 14.4 Å². The van der Waals surface area contributed by atoms with E-state index in [1.54, 1.807) is 27.2 Å². The fourth-order valence-electron chi connectivity index (χ4n) is 3.14. The van der Waals surface area contributed by atoms with Crippen LogP contribution in [0.3, 0.4) is 0 Å². The van der Waals surface area contributed by atoms with Gasteiger partial charge in [-0.05, 0) is 43.7 Å². The fourth-order valence-corrected chi connectivity index (χ4v) is 4.03. The van der Waals surface area contributed by atoms with Crippen molar-refractivity contribution in [3.05, 3.63) is 22.6 Å². The first kappa shape index (κ1) is 17.7. The van der Waals surface area contributed by atoms with E-state index in [0.29, 0.717) is 17.2 Å². The van der Waals surface area contributed by atoms with Gasteiger partial charge in [0.1, 0.15) is 11.5 Å². The molecule has 2 amide bonds. The second-order valence-electron chi connectivity index (χ2n) is 5.89. The lowest BCUT2D eigenvalue weighted by Crippen LogP contribution is -2.27. The molecule has 25 heavy (non-hydrogen) atoms. The minimum atomic E-state index is -0.262. The molecule has 0 aromatic heterocycles. The molecule has 0 spiro atoms. The lowest BCUT2D eigenvalue weighted by Gasteiger charge is -2.22. The zero-order valence-corrected chi connectivity index (χ0v) is 15.5. The number of nitrogens with zero attached hydrogens (tertiary/aromatic N) is 2. The summed E-state index contributed by atoms with van der Waals surface area (Å²) >= 11 is 0.955. The third-order valence-electron chi connectivity index (χ3n) is 4.45. The van der Waals surface area contributed by atoms with Crippen LogP contribution >= 0.6 is 11.8 Å². The average Bonchev–Trinajstić information content (AvgIpc) is 3.23. The Hall–Kier alpha value is -2.15. The van der Waals surface area contributed by atoms with E-state index in [9.17, 15) is 9.59 Å². The van der Waals surface area contributed by atoms with Gasteiger partial charge in [-0.25, -0.2) is 0 Å². The largest absolute Gasteiger partial charge is 0.496 e. The van der Waals surface area contributed by atoms with Crippen LogP contribution in [0.1, 0.15) is 25.3 Å². The maximum Gasteiger partial charge on any atom is 0.293 e. The minimum absolute atomic E-state index is 0.238. The number of rotatable bonds is 5. The highest BCUT2D eigenvalue weighted by Crippen LogP contribution is 2.40. The van der Waals surface area contributed by atoms with Crippen LogP contribution in [0.5, 0.6) is 11.5 Å². The zero-order chi connectivity index (χ0) is 18.0. The Labute approximate surface area is 151 Å². The van der Waals surface area contributed by atoms with Crippen LogP contribution in [0.2, 0.25) is 0 Å². The number of benzene rings is 1. The number of anilines is 1. The first-order valence-electron chi connectivity index (χ1n) is 8.35. The highest BCUT2D eigenvalue weighted by molar-refractivity contribution is 8.18. The van der Waals surface area contributed by atoms with Crippen LogP contribution in [-0.2, 0) is 4.79 Å². The van der Waals surface area contributed by atoms with Gasteiger partial charge in [0.25, 0.3) is 11.1 Å². The van der Waals surface area contributed by atoms with Crippen molar-refractivity contribution in [3.8, 4) is 11.5 Å². The maximum absolute atomic E-state index is 12.3. The van der Waals surface area contributed by atoms with Crippen LogP contribution in [-0.4, -0.2) is 49.9 Å². The Kier molecular flexibility index (Phi) is 5.22. The number of hydrogen-bond acceptors (Lipinski definition) is 6. The van der Waals surface area contributed by atoms with E-state index in [-0.39, 0.29) is 11.1 Å². The number of thioether (sulfide) groups is 1. The molecule has 134 valence electrons. The smallest absolute Gasteiger partial charge is 0.293 e. The normalized spacial score (nSPS) is 19.2. The molecule has 0 unspecified atom stereocenters. The predicted molar refractivity (Wildman–Crippen MR) is 99.3 cm³/mol.